The molecule has 5 nitrogen and oxygen atoms in total. The third-order valence-corrected chi connectivity index (χ3v) is 5.27. The molecule has 0 aliphatic carbocycles. The number of anilines is 1. The second kappa shape index (κ2) is 7.02. The van der Waals surface area contributed by atoms with E-state index < -0.39 is 10.0 Å². The largest absolute Gasteiger partial charge is 0.384 e. The molecule has 0 aliphatic rings. The van der Waals surface area contributed by atoms with Crippen molar-refractivity contribution < 1.29 is 8.42 Å². The van der Waals surface area contributed by atoms with Gasteiger partial charge in [-0.1, -0.05) is 0 Å². The molecule has 0 saturated heterocycles. The first-order valence-corrected chi connectivity index (χ1v) is 9.17. The molecule has 114 valence electrons. The summed E-state index contributed by atoms with van der Waals surface area (Å²) >= 11 is 1.61. The van der Waals surface area contributed by atoms with E-state index in [1.165, 1.54) is 6.20 Å². The summed E-state index contributed by atoms with van der Waals surface area (Å²) in [7, 11) is -3.59. The summed E-state index contributed by atoms with van der Waals surface area (Å²) in [6, 6.07) is 3.49. The van der Waals surface area contributed by atoms with Gasteiger partial charge in [0.15, 0.2) is 0 Å². The maximum atomic E-state index is 12.5. The maximum Gasteiger partial charge on any atom is 0.244 e. The van der Waals surface area contributed by atoms with Gasteiger partial charge in [-0.2, -0.15) is 11.3 Å². The number of nitrogens with one attached hydrogen (secondary N) is 2. The van der Waals surface area contributed by atoms with Gasteiger partial charge in [0.05, 0.1) is 5.69 Å². The fourth-order valence-electron chi connectivity index (χ4n) is 2.06. The number of hydrogen-bond donors (Lipinski definition) is 2. The minimum atomic E-state index is -3.59. The molecule has 0 spiro atoms. The Morgan fingerprint density at radius 1 is 1.38 bits per heavy atom. The zero-order valence-corrected chi connectivity index (χ0v) is 13.7. The average molecular weight is 325 g/mol. The van der Waals surface area contributed by atoms with Gasteiger partial charge in [-0.15, -0.1) is 0 Å². The molecule has 2 rings (SSSR count). The normalized spacial score (nSPS) is 13.0. The minimum absolute atomic E-state index is 0.181. The molecule has 21 heavy (non-hydrogen) atoms. The van der Waals surface area contributed by atoms with Gasteiger partial charge in [0.1, 0.15) is 4.90 Å². The van der Waals surface area contributed by atoms with E-state index in [9.17, 15) is 8.42 Å². The summed E-state index contributed by atoms with van der Waals surface area (Å²) in [5.74, 6) is 0. The van der Waals surface area contributed by atoms with Crippen LogP contribution >= 0.6 is 11.3 Å². The Bertz CT molecular complexity index is 669. The lowest BCUT2D eigenvalue weighted by molar-refractivity contribution is 0.560. The van der Waals surface area contributed by atoms with Crippen LogP contribution in [0.15, 0.2) is 40.2 Å². The molecule has 2 aromatic rings. The molecule has 7 heteroatoms. The molecule has 2 heterocycles. The lowest BCUT2D eigenvalue weighted by Gasteiger charge is -2.16. The van der Waals surface area contributed by atoms with Crippen molar-refractivity contribution in [2.24, 2.45) is 0 Å². The van der Waals surface area contributed by atoms with Crippen molar-refractivity contribution in [2.75, 3.05) is 11.9 Å². The standard InChI is InChI=1S/C14H19N3O2S2/c1-3-16-13-4-6-15-9-14(13)21(18,19)17-11(2)8-12-5-7-20-10-12/h4-7,9-11,17H,3,8H2,1-2H3,(H,15,16). The summed E-state index contributed by atoms with van der Waals surface area (Å²) in [5, 5.41) is 7.06. The van der Waals surface area contributed by atoms with Crippen molar-refractivity contribution in [3.63, 3.8) is 0 Å². The van der Waals surface area contributed by atoms with Gasteiger partial charge in [0.25, 0.3) is 0 Å². The number of pyridine rings is 1. The molecule has 2 aromatic heterocycles. The van der Waals surface area contributed by atoms with Crippen LogP contribution in [0.1, 0.15) is 19.4 Å². The molecule has 0 aliphatic heterocycles. The first kappa shape index (κ1) is 15.9. The Morgan fingerprint density at radius 3 is 2.86 bits per heavy atom. The minimum Gasteiger partial charge on any atom is -0.384 e. The molecule has 0 saturated carbocycles. The fraction of sp³-hybridized carbons (Fsp3) is 0.357. The van der Waals surface area contributed by atoms with Gasteiger partial charge in [-0.05, 0) is 48.7 Å². The highest BCUT2D eigenvalue weighted by Gasteiger charge is 2.21. The lowest BCUT2D eigenvalue weighted by Crippen LogP contribution is -2.34. The van der Waals surface area contributed by atoms with E-state index in [1.807, 2.05) is 30.7 Å². The van der Waals surface area contributed by atoms with Crippen LogP contribution in [0.4, 0.5) is 5.69 Å². The summed E-state index contributed by atoms with van der Waals surface area (Å²) < 4.78 is 27.7. The van der Waals surface area contributed by atoms with Crippen LogP contribution in [-0.4, -0.2) is 26.0 Å². The van der Waals surface area contributed by atoms with Crippen molar-refractivity contribution in [3.8, 4) is 0 Å². The Balaban J connectivity index is 2.14. The Morgan fingerprint density at radius 2 is 2.19 bits per heavy atom. The topological polar surface area (TPSA) is 71.1 Å². The van der Waals surface area contributed by atoms with E-state index in [0.717, 1.165) is 5.56 Å². The summed E-state index contributed by atoms with van der Waals surface area (Å²) in [5.41, 5.74) is 1.70. The van der Waals surface area contributed by atoms with E-state index in [4.69, 9.17) is 0 Å². The van der Waals surface area contributed by atoms with Gasteiger partial charge < -0.3 is 5.32 Å². The molecule has 0 amide bonds. The van der Waals surface area contributed by atoms with E-state index in [-0.39, 0.29) is 10.9 Å². The Hall–Kier alpha value is -1.44. The number of nitrogens with zero attached hydrogens (tertiary/aromatic N) is 1. The van der Waals surface area contributed by atoms with Gasteiger partial charge in [-0.25, -0.2) is 13.1 Å². The average Bonchev–Trinajstić information content (AvgIpc) is 2.91. The lowest BCUT2D eigenvalue weighted by atomic mass is 10.1. The van der Waals surface area contributed by atoms with Crippen molar-refractivity contribution >= 4 is 27.0 Å². The zero-order chi connectivity index (χ0) is 15.3. The molecule has 1 unspecified atom stereocenters. The number of sulfonamides is 1. The smallest absolute Gasteiger partial charge is 0.244 e. The summed E-state index contributed by atoms with van der Waals surface area (Å²) in [4.78, 5) is 4.10. The molecule has 1 atom stereocenters. The van der Waals surface area contributed by atoms with Crippen LogP contribution < -0.4 is 10.0 Å². The number of hydrogen-bond acceptors (Lipinski definition) is 5. The molecule has 0 bridgehead atoms. The SMILES string of the molecule is CCNc1ccncc1S(=O)(=O)NC(C)Cc1ccsc1. The molecule has 0 fully saturated rings. The van der Waals surface area contributed by atoms with Crippen LogP contribution in [-0.2, 0) is 16.4 Å². The first-order valence-electron chi connectivity index (χ1n) is 6.74. The highest BCUT2D eigenvalue weighted by molar-refractivity contribution is 7.89. The number of rotatable bonds is 7. The monoisotopic (exact) mass is 325 g/mol. The molecular formula is C14H19N3O2S2. The first-order chi connectivity index (χ1) is 10.0. The van der Waals surface area contributed by atoms with Crippen molar-refractivity contribution in [1.82, 2.24) is 9.71 Å². The van der Waals surface area contributed by atoms with Crippen molar-refractivity contribution in [2.45, 2.75) is 31.2 Å². The third kappa shape index (κ3) is 4.26. The van der Waals surface area contributed by atoms with Gasteiger partial charge in [-0.3, -0.25) is 4.98 Å². The zero-order valence-electron chi connectivity index (χ0n) is 12.0. The molecule has 2 N–H and O–H groups in total. The Labute approximate surface area is 129 Å². The third-order valence-electron chi connectivity index (χ3n) is 2.92. The maximum absolute atomic E-state index is 12.5. The second-order valence-corrected chi connectivity index (χ2v) is 7.22. The van der Waals surface area contributed by atoms with Gasteiger partial charge in [0.2, 0.25) is 10.0 Å². The summed E-state index contributed by atoms with van der Waals surface area (Å²) in [6.45, 7) is 4.43. The molecular weight excluding hydrogens is 306 g/mol. The Kier molecular flexibility index (Phi) is 5.33. The predicted molar refractivity (Wildman–Crippen MR) is 86.2 cm³/mol. The summed E-state index contributed by atoms with van der Waals surface area (Å²) in [6.07, 6.45) is 3.61. The van der Waals surface area contributed by atoms with Gasteiger partial charge >= 0.3 is 0 Å². The quantitative estimate of drug-likeness (QED) is 0.820. The van der Waals surface area contributed by atoms with E-state index in [2.05, 4.69) is 15.0 Å². The van der Waals surface area contributed by atoms with E-state index >= 15 is 0 Å². The predicted octanol–water partition coefficient (Wildman–Crippen LogP) is 2.48. The van der Waals surface area contributed by atoms with Crippen molar-refractivity contribution in [3.05, 3.63) is 40.8 Å². The fourth-order valence-corrected chi connectivity index (χ4v) is 4.11. The van der Waals surface area contributed by atoms with E-state index in [1.54, 1.807) is 23.6 Å². The number of aromatic nitrogens is 1. The van der Waals surface area contributed by atoms with Crippen molar-refractivity contribution in [1.29, 1.82) is 0 Å². The van der Waals surface area contributed by atoms with Crippen LogP contribution in [0.3, 0.4) is 0 Å². The molecule has 0 radical (unpaired) electrons. The molecule has 0 aromatic carbocycles. The van der Waals surface area contributed by atoms with Crippen LogP contribution in [0.25, 0.3) is 0 Å². The highest BCUT2D eigenvalue weighted by Crippen LogP contribution is 2.20. The number of thiophene rings is 1. The van der Waals surface area contributed by atoms with Crippen LogP contribution in [0.5, 0.6) is 0 Å². The van der Waals surface area contributed by atoms with Crippen LogP contribution in [0.2, 0.25) is 0 Å². The van der Waals surface area contributed by atoms with Gasteiger partial charge in [0, 0.05) is 25.0 Å². The highest BCUT2D eigenvalue weighted by atomic mass is 32.2. The van der Waals surface area contributed by atoms with Crippen LogP contribution in [0, 0.1) is 0 Å². The second-order valence-electron chi connectivity index (χ2n) is 4.76. The van der Waals surface area contributed by atoms with E-state index in [0.29, 0.717) is 18.7 Å².